The Morgan fingerprint density at radius 1 is 1.35 bits per heavy atom. The summed E-state index contributed by atoms with van der Waals surface area (Å²) in [5.41, 5.74) is -1.00. The number of carbonyl (C=O) groups is 2. The number of carboxylic acids is 1. The molecule has 0 aromatic carbocycles. The Labute approximate surface area is 101 Å². The molecule has 0 aliphatic carbocycles. The van der Waals surface area contributed by atoms with Gasteiger partial charge in [-0.25, -0.2) is 4.79 Å². The first kappa shape index (κ1) is 12.4. The van der Waals surface area contributed by atoms with Gasteiger partial charge >= 0.3 is 5.97 Å². The average Bonchev–Trinajstić information content (AvgIpc) is 2.73. The van der Waals surface area contributed by atoms with E-state index in [1.165, 1.54) is 0 Å². The molecular formula is C12H20N2O3. The molecule has 2 fully saturated rings. The molecule has 0 aromatic rings. The van der Waals surface area contributed by atoms with Crippen molar-refractivity contribution in [2.45, 2.75) is 50.6 Å². The van der Waals surface area contributed by atoms with Crippen LogP contribution >= 0.6 is 0 Å². The van der Waals surface area contributed by atoms with Gasteiger partial charge in [-0.15, -0.1) is 0 Å². The van der Waals surface area contributed by atoms with Crippen molar-refractivity contribution in [2.24, 2.45) is 0 Å². The Kier molecular flexibility index (Phi) is 3.38. The molecule has 2 rings (SSSR count). The van der Waals surface area contributed by atoms with Crippen LogP contribution in [0.2, 0.25) is 0 Å². The smallest absolute Gasteiger partial charge is 0.329 e. The van der Waals surface area contributed by atoms with Crippen molar-refractivity contribution in [1.82, 2.24) is 10.2 Å². The van der Waals surface area contributed by atoms with Crippen LogP contribution in [0.25, 0.3) is 0 Å². The Balaban J connectivity index is 2.10. The maximum absolute atomic E-state index is 12.3. The van der Waals surface area contributed by atoms with Crippen molar-refractivity contribution in [3.8, 4) is 0 Å². The average molecular weight is 240 g/mol. The van der Waals surface area contributed by atoms with E-state index < -0.39 is 11.5 Å². The molecule has 2 N–H and O–H groups in total. The molecule has 0 bridgehead atoms. The van der Waals surface area contributed by atoms with E-state index in [0.717, 1.165) is 32.2 Å². The van der Waals surface area contributed by atoms with E-state index in [1.807, 2.05) is 0 Å². The van der Waals surface area contributed by atoms with Gasteiger partial charge < -0.3 is 15.3 Å². The highest BCUT2D eigenvalue weighted by molar-refractivity contribution is 5.90. The first-order chi connectivity index (χ1) is 8.05. The molecule has 5 heteroatoms. The maximum Gasteiger partial charge on any atom is 0.329 e. The fourth-order valence-corrected chi connectivity index (χ4v) is 2.79. The highest BCUT2D eigenvalue weighted by Crippen LogP contribution is 2.30. The molecular weight excluding hydrogens is 220 g/mol. The lowest BCUT2D eigenvalue weighted by Gasteiger charge is -2.35. The summed E-state index contributed by atoms with van der Waals surface area (Å²) in [4.78, 5) is 25.2. The summed E-state index contributed by atoms with van der Waals surface area (Å²) in [5, 5.41) is 12.5. The first-order valence-corrected chi connectivity index (χ1v) is 6.34. The highest BCUT2D eigenvalue weighted by Gasteiger charge is 2.47. The van der Waals surface area contributed by atoms with Crippen LogP contribution in [0.4, 0.5) is 0 Å². The van der Waals surface area contributed by atoms with E-state index in [0.29, 0.717) is 13.0 Å². The lowest BCUT2D eigenvalue weighted by atomic mass is 9.97. The number of likely N-dealkylation sites (tertiary alicyclic amines) is 1. The van der Waals surface area contributed by atoms with Gasteiger partial charge in [-0.2, -0.15) is 0 Å². The third-order valence-corrected chi connectivity index (χ3v) is 3.98. The summed E-state index contributed by atoms with van der Waals surface area (Å²) < 4.78 is 0. The zero-order valence-corrected chi connectivity index (χ0v) is 10.2. The van der Waals surface area contributed by atoms with Gasteiger partial charge in [0, 0.05) is 6.54 Å². The third-order valence-electron chi connectivity index (χ3n) is 3.98. The molecule has 1 amide bonds. The van der Waals surface area contributed by atoms with Crippen LogP contribution in [0.1, 0.15) is 39.0 Å². The predicted molar refractivity (Wildman–Crippen MR) is 62.6 cm³/mol. The molecule has 0 radical (unpaired) electrons. The monoisotopic (exact) mass is 240 g/mol. The van der Waals surface area contributed by atoms with Gasteiger partial charge in [0.1, 0.15) is 5.54 Å². The summed E-state index contributed by atoms with van der Waals surface area (Å²) in [6.07, 6.45) is 4.30. The van der Waals surface area contributed by atoms with E-state index in [9.17, 15) is 14.7 Å². The number of amides is 1. The van der Waals surface area contributed by atoms with Crippen molar-refractivity contribution in [2.75, 3.05) is 13.1 Å². The van der Waals surface area contributed by atoms with E-state index in [2.05, 4.69) is 5.32 Å². The van der Waals surface area contributed by atoms with Crippen LogP contribution in [0.3, 0.4) is 0 Å². The zero-order valence-electron chi connectivity index (χ0n) is 10.2. The van der Waals surface area contributed by atoms with Crippen molar-refractivity contribution >= 4 is 11.9 Å². The second-order valence-corrected chi connectivity index (χ2v) is 5.17. The minimum absolute atomic E-state index is 0.0351. The summed E-state index contributed by atoms with van der Waals surface area (Å²) >= 11 is 0. The Bertz CT molecular complexity index is 326. The number of carboxylic acid groups (broad SMARTS) is 1. The zero-order chi connectivity index (χ0) is 12.5. The minimum atomic E-state index is -1.00. The number of rotatable bonds is 2. The molecule has 96 valence electrons. The molecule has 2 aliphatic heterocycles. The lowest BCUT2D eigenvalue weighted by Crippen LogP contribution is -2.57. The van der Waals surface area contributed by atoms with E-state index >= 15 is 0 Å². The highest BCUT2D eigenvalue weighted by atomic mass is 16.4. The number of nitrogens with zero attached hydrogens (tertiary/aromatic N) is 1. The first-order valence-electron chi connectivity index (χ1n) is 6.34. The van der Waals surface area contributed by atoms with Crippen LogP contribution in [0, 0.1) is 0 Å². The maximum atomic E-state index is 12.3. The van der Waals surface area contributed by atoms with E-state index in [4.69, 9.17) is 0 Å². The molecule has 2 saturated heterocycles. The molecule has 17 heavy (non-hydrogen) atoms. The third kappa shape index (κ3) is 2.16. The number of hydrogen-bond acceptors (Lipinski definition) is 3. The molecule has 0 aromatic heterocycles. The summed E-state index contributed by atoms with van der Waals surface area (Å²) in [7, 11) is 0. The normalized spacial score (nSPS) is 33.7. The molecule has 5 nitrogen and oxygen atoms in total. The second-order valence-electron chi connectivity index (χ2n) is 5.17. The topological polar surface area (TPSA) is 69.6 Å². The standard InChI is InChI=1S/C12H20N2O3/c1-12(11(16)17)6-4-8-14(12)10(15)9-5-2-3-7-13-9/h9,13H,2-8H2,1H3,(H,16,17)/t9-,12?/m0/s1. The van der Waals surface area contributed by atoms with Crippen molar-refractivity contribution < 1.29 is 14.7 Å². The van der Waals surface area contributed by atoms with Crippen LogP contribution in [-0.2, 0) is 9.59 Å². The Morgan fingerprint density at radius 2 is 2.12 bits per heavy atom. The lowest BCUT2D eigenvalue weighted by molar-refractivity contribution is -0.156. The molecule has 2 heterocycles. The molecule has 0 saturated carbocycles. The molecule has 2 aliphatic rings. The Hall–Kier alpha value is -1.10. The number of hydrogen-bond donors (Lipinski definition) is 2. The van der Waals surface area contributed by atoms with Gasteiger partial charge in [-0.1, -0.05) is 6.42 Å². The SMILES string of the molecule is CC1(C(=O)O)CCCN1C(=O)[C@@H]1CCCCN1. The number of aliphatic carboxylic acids is 1. The van der Waals surface area contributed by atoms with Gasteiger partial charge in [0.25, 0.3) is 0 Å². The van der Waals surface area contributed by atoms with Gasteiger partial charge in [-0.05, 0) is 39.2 Å². The largest absolute Gasteiger partial charge is 0.480 e. The van der Waals surface area contributed by atoms with Crippen LogP contribution in [0.5, 0.6) is 0 Å². The number of piperidine rings is 1. The van der Waals surface area contributed by atoms with E-state index in [-0.39, 0.29) is 11.9 Å². The van der Waals surface area contributed by atoms with Crippen LogP contribution in [-0.4, -0.2) is 46.6 Å². The molecule has 1 unspecified atom stereocenters. The summed E-state index contributed by atoms with van der Waals surface area (Å²) in [6, 6.07) is -0.180. The van der Waals surface area contributed by atoms with Gasteiger partial charge in [0.05, 0.1) is 6.04 Å². The van der Waals surface area contributed by atoms with Crippen LogP contribution in [0.15, 0.2) is 0 Å². The minimum Gasteiger partial charge on any atom is -0.480 e. The number of nitrogens with one attached hydrogen (secondary N) is 1. The summed E-state index contributed by atoms with van der Waals surface area (Å²) in [6.45, 7) is 3.08. The van der Waals surface area contributed by atoms with Crippen molar-refractivity contribution in [1.29, 1.82) is 0 Å². The van der Waals surface area contributed by atoms with Gasteiger partial charge in [-0.3, -0.25) is 4.79 Å². The number of carbonyl (C=O) groups excluding carboxylic acids is 1. The fourth-order valence-electron chi connectivity index (χ4n) is 2.79. The van der Waals surface area contributed by atoms with Gasteiger partial charge in [0.15, 0.2) is 0 Å². The molecule has 0 spiro atoms. The van der Waals surface area contributed by atoms with Crippen LogP contribution < -0.4 is 5.32 Å². The van der Waals surface area contributed by atoms with Crippen molar-refractivity contribution in [3.63, 3.8) is 0 Å². The van der Waals surface area contributed by atoms with E-state index in [1.54, 1.807) is 11.8 Å². The predicted octanol–water partition coefficient (Wildman–Crippen LogP) is 0.594. The molecule has 2 atom stereocenters. The summed E-state index contributed by atoms with van der Waals surface area (Å²) in [5.74, 6) is -0.925. The fraction of sp³-hybridized carbons (Fsp3) is 0.833. The Morgan fingerprint density at radius 3 is 2.71 bits per heavy atom. The quantitative estimate of drug-likeness (QED) is 0.741. The van der Waals surface area contributed by atoms with Crippen molar-refractivity contribution in [3.05, 3.63) is 0 Å². The van der Waals surface area contributed by atoms with Gasteiger partial charge in [0.2, 0.25) is 5.91 Å². The second kappa shape index (κ2) is 4.64.